The highest BCUT2D eigenvalue weighted by atomic mass is 32.2. The first-order valence-electron chi connectivity index (χ1n) is 8.84. The van der Waals surface area contributed by atoms with Crippen LogP contribution in [0.25, 0.3) is 0 Å². The molecule has 1 heterocycles. The molecular formula is C20H20N4O5S. The van der Waals surface area contributed by atoms with Gasteiger partial charge in [-0.3, -0.25) is 14.6 Å². The minimum absolute atomic E-state index is 0.149. The van der Waals surface area contributed by atoms with Crippen LogP contribution >= 0.6 is 0 Å². The third-order valence-electron chi connectivity index (χ3n) is 4.16. The number of ether oxygens (including phenoxy) is 1. The van der Waals surface area contributed by atoms with Gasteiger partial charge in [-0.2, -0.15) is 13.5 Å². The fraction of sp³-hybridized carbons (Fsp3) is 0.150. The molecule has 0 fully saturated rings. The lowest BCUT2D eigenvalue weighted by atomic mass is 10.1. The molecule has 0 aliphatic carbocycles. The number of sulfonamides is 1. The molecule has 156 valence electrons. The van der Waals surface area contributed by atoms with Crippen molar-refractivity contribution in [1.82, 2.24) is 10.2 Å². The lowest BCUT2D eigenvalue weighted by molar-refractivity contribution is 0.0600. The Hall–Kier alpha value is -3.66. The van der Waals surface area contributed by atoms with Crippen molar-refractivity contribution in [2.75, 3.05) is 17.1 Å². The third kappa shape index (κ3) is 4.66. The number of amides is 1. The smallest absolute Gasteiger partial charge is 0.337 e. The van der Waals surface area contributed by atoms with Gasteiger partial charge in [0.1, 0.15) is 0 Å². The van der Waals surface area contributed by atoms with Crippen molar-refractivity contribution in [2.24, 2.45) is 0 Å². The van der Waals surface area contributed by atoms with Crippen LogP contribution in [0.15, 0.2) is 53.7 Å². The molecular weight excluding hydrogens is 408 g/mol. The Balaban J connectivity index is 1.81. The molecule has 3 N–H and O–H groups in total. The number of carbonyl (C=O) groups is 2. The van der Waals surface area contributed by atoms with Crippen LogP contribution in [0.3, 0.4) is 0 Å². The van der Waals surface area contributed by atoms with Crippen molar-refractivity contribution < 1.29 is 22.7 Å². The van der Waals surface area contributed by atoms with E-state index < -0.39 is 21.9 Å². The van der Waals surface area contributed by atoms with Crippen molar-refractivity contribution in [3.05, 3.63) is 70.9 Å². The van der Waals surface area contributed by atoms with Crippen molar-refractivity contribution in [1.29, 1.82) is 0 Å². The summed E-state index contributed by atoms with van der Waals surface area (Å²) in [6.45, 7) is 3.71. The molecule has 2 aromatic carbocycles. The zero-order chi connectivity index (χ0) is 21.9. The van der Waals surface area contributed by atoms with Gasteiger partial charge in [0.15, 0.2) is 5.03 Å². The van der Waals surface area contributed by atoms with Gasteiger partial charge in [-0.1, -0.05) is 6.07 Å². The van der Waals surface area contributed by atoms with E-state index in [-0.39, 0.29) is 10.6 Å². The van der Waals surface area contributed by atoms with Crippen LogP contribution in [0.2, 0.25) is 0 Å². The average molecular weight is 428 g/mol. The molecule has 0 aliphatic rings. The number of hydrogen-bond acceptors (Lipinski definition) is 6. The maximum atomic E-state index is 12.8. The first-order valence-corrected chi connectivity index (χ1v) is 10.3. The Bertz CT molecular complexity index is 1180. The number of anilines is 2. The number of nitrogens with zero attached hydrogens (tertiary/aromatic N) is 1. The number of aryl methyl sites for hydroxylation is 2. The summed E-state index contributed by atoms with van der Waals surface area (Å²) in [6, 6.07) is 11.3. The van der Waals surface area contributed by atoms with Crippen LogP contribution in [0.5, 0.6) is 0 Å². The average Bonchev–Trinajstić information content (AvgIpc) is 3.18. The van der Waals surface area contributed by atoms with Crippen LogP contribution in [0.4, 0.5) is 11.4 Å². The Labute approximate surface area is 173 Å². The van der Waals surface area contributed by atoms with E-state index in [0.717, 1.165) is 17.3 Å². The van der Waals surface area contributed by atoms with Crippen molar-refractivity contribution >= 4 is 33.3 Å². The maximum Gasteiger partial charge on any atom is 0.337 e. The van der Waals surface area contributed by atoms with Crippen molar-refractivity contribution in [3.63, 3.8) is 0 Å². The molecule has 0 unspecified atom stereocenters. The number of methoxy groups -OCH3 is 1. The highest BCUT2D eigenvalue weighted by Gasteiger charge is 2.25. The zero-order valence-electron chi connectivity index (χ0n) is 16.5. The van der Waals surface area contributed by atoms with Gasteiger partial charge in [-0.15, -0.1) is 0 Å². The summed E-state index contributed by atoms with van der Waals surface area (Å²) < 4.78 is 32.7. The van der Waals surface area contributed by atoms with E-state index in [1.165, 1.54) is 31.4 Å². The maximum absolute atomic E-state index is 12.8. The summed E-state index contributed by atoms with van der Waals surface area (Å²) in [6.07, 6.45) is 1.13. The summed E-state index contributed by atoms with van der Waals surface area (Å²) in [5, 5.41) is 8.31. The molecule has 1 aromatic heterocycles. The lowest BCUT2D eigenvalue weighted by Crippen LogP contribution is -2.20. The number of aromatic nitrogens is 2. The molecule has 30 heavy (non-hydrogen) atoms. The first kappa shape index (κ1) is 21.1. The van der Waals surface area contributed by atoms with Gasteiger partial charge in [-0.05, 0) is 61.4 Å². The summed E-state index contributed by atoms with van der Waals surface area (Å²) >= 11 is 0. The number of esters is 1. The molecule has 0 aliphatic heterocycles. The van der Waals surface area contributed by atoms with Crippen LogP contribution in [-0.2, 0) is 14.8 Å². The second-order valence-corrected chi connectivity index (χ2v) is 8.24. The molecule has 0 saturated heterocycles. The molecule has 1 amide bonds. The Kier molecular flexibility index (Phi) is 5.88. The monoisotopic (exact) mass is 428 g/mol. The SMILES string of the molecule is COC(=O)c1ccc(NC(=O)c2cn[nH]c2S(=O)(=O)Nc2cc(C)cc(C)c2)cc1. The number of hydrogen-bond donors (Lipinski definition) is 3. The van der Waals surface area contributed by atoms with E-state index in [1.54, 1.807) is 12.1 Å². The number of H-pyrrole nitrogens is 1. The van der Waals surface area contributed by atoms with Gasteiger partial charge >= 0.3 is 5.97 Å². The topological polar surface area (TPSA) is 130 Å². The number of aromatic amines is 1. The summed E-state index contributed by atoms with van der Waals surface area (Å²) in [5.74, 6) is -1.18. The molecule has 0 atom stereocenters. The molecule has 3 aromatic rings. The molecule has 10 heteroatoms. The van der Waals surface area contributed by atoms with Gasteiger partial charge in [-0.25, -0.2) is 4.79 Å². The van der Waals surface area contributed by atoms with E-state index in [0.29, 0.717) is 16.9 Å². The third-order valence-corrected chi connectivity index (χ3v) is 5.51. The number of carbonyl (C=O) groups excluding carboxylic acids is 2. The van der Waals surface area contributed by atoms with Gasteiger partial charge in [0.05, 0.1) is 24.4 Å². The number of nitrogens with one attached hydrogen (secondary N) is 3. The highest BCUT2D eigenvalue weighted by Crippen LogP contribution is 2.21. The molecule has 3 rings (SSSR count). The zero-order valence-corrected chi connectivity index (χ0v) is 17.3. The van der Waals surface area contributed by atoms with Crippen LogP contribution in [0, 0.1) is 13.8 Å². The van der Waals surface area contributed by atoms with E-state index in [2.05, 4.69) is 25.0 Å². The van der Waals surface area contributed by atoms with E-state index in [9.17, 15) is 18.0 Å². The predicted molar refractivity (Wildman–Crippen MR) is 111 cm³/mol. The molecule has 0 saturated carbocycles. The van der Waals surface area contributed by atoms with E-state index in [4.69, 9.17) is 0 Å². The Morgan fingerprint density at radius 3 is 2.23 bits per heavy atom. The van der Waals surface area contributed by atoms with E-state index >= 15 is 0 Å². The fourth-order valence-corrected chi connectivity index (χ4v) is 4.02. The summed E-state index contributed by atoms with van der Waals surface area (Å²) in [5.41, 5.74) is 2.71. The largest absolute Gasteiger partial charge is 0.465 e. The van der Waals surface area contributed by atoms with Crippen LogP contribution in [-0.4, -0.2) is 37.6 Å². The first-order chi connectivity index (χ1) is 14.2. The molecule has 0 bridgehead atoms. The minimum atomic E-state index is -4.08. The number of benzene rings is 2. The quantitative estimate of drug-likeness (QED) is 0.518. The van der Waals surface area contributed by atoms with Crippen molar-refractivity contribution in [3.8, 4) is 0 Å². The van der Waals surface area contributed by atoms with Crippen LogP contribution < -0.4 is 10.0 Å². The second-order valence-electron chi connectivity index (χ2n) is 6.62. The molecule has 9 nitrogen and oxygen atoms in total. The Morgan fingerprint density at radius 1 is 1.00 bits per heavy atom. The minimum Gasteiger partial charge on any atom is -0.465 e. The van der Waals surface area contributed by atoms with Gasteiger partial charge in [0.2, 0.25) is 0 Å². The molecule has 0 spiro atoms. The summed E-state index contributed by atoms with van der Waals surface area (Å²) in [7, 11) is -2.81. The normalized spacial score (nSPS) is 11.0. The molecule has 0 radical (unpaired) electrons. The van der Waals surface area contributed by atoms with Gasteiger partial charge in [0, 0.05) is 11.4 Å². The predicted octanol–water partition coefficient (Wildman–Crippen LogP) is 2.87. The highest BCUT2D eigenvalue weighted by molar-refractivity contribution is 7.92. The summed E-state index contributed by atoms with van der Waals surface area (Å²) in [4.78, 5) is 24.1. The van der Waals surface area contributed by atoms with Crippen molar-refractivity contribution in [2.45, 2.75) is 18.9 Å². The van der Waals surface area contributed by atoms with E-state index in [1.807, 2.05) is 19.9 Å². The van der Waals surface area contributed by atoms with Gasteiger partial charge in [0.25, 0.3) is 15.9 Å². The van der Waals surface area contributed by atoms with Crippen LogP contribution in [0.1, 0.15) is 31.8 Å². The Morgan fingerprint density at radius 2 is 1.63 bits per heavy atom. The second kappa shape index (κ2) is 8.37. The number of rotatable bonds is 6. The standard InChI is InChI=1S/C20H20N4O5S/c1-12-8-13(2)10-16(9-12)24-30(27,28)19-17(11-21-23-19)18(25)22-15-6-4-14(5-7-15)20(26)29-3/h4-11,24H,1-3H3,(H,21,23)(H,22,25). The fourth-order valence-electron chi connectivity index (χ4n) is 2.89. The van der Waals surface area contributed by atoms with Gasteiger partial charge < -0.3 is 10.1 Å². The lowest BCUT2D eigenvalue weighted by Gasteiger charge is -2.10.